The molecular weight excluding hydrogens is 365 g/mol. The van der Waals surface area contributed by atoms with Gasteiger partial charge in [-0.05, 0) is 47.5 Å². The normalized spacial score (nSPS) is 14.0. The molecule has 3 nitrogen and oxygen atoms in total. The molecule has 29 heavy (non-hydrogen) atoms. The predicted octanol–water partition coefficient (Wildman–Crippen LogP) is 4.64. The molecule has 0 aliphatic carbocycles. The summed E-state index contributed by atoms with van der Waals surface area (Å²) in [5, 5.41) is 2.71. The topological polar surface area (TPSA) is 46.2 Å². The summed E-state index contributed by atoms with van der Waals surface area (Å²) < 4.78 is 13.4. The summed E-state index contributed by atoms with van der Waals surface area (Å²) in [6.07, 6.45) is 2.00. The number of nitrogens with one attached hydrogen (secondary N) is 1. The zero-order chi connectivity index (χ0) is 20.2. The van der Waals surface area contributed by atoms with Gasteiger partial charge in [0.05, 0.1) is 11.3 Å². The Morgan fingerprint density at radius 3 is 2.55 bits per heavy atom. The van der Waals surface area contributed by atoms with Crippen molar-refractivity contribution in [2.24, 2.45) is 0 Å². The molecule has 0 saturated carbocycles. The molecule has 0 spiro atoms. The number of ketones is 1. The highest BCUT2D eigenvalue weighted by Gasteiger charge is 2.28. The van der Waals surface area contributed by atoms with Gasteiger partial charge in [0.1, 0.15) is 5.82 Å². The van der Waals surface area contributed by atoms with Gasteiger partial charge in [0.15, 0.2) is 0 Å². The van der Waals surface area contributed by atoms with Crippen molar-refractivity contribution in [3.05, 3.63) is 106 Å². The summed E-state index contributed by atoms with van der Waals surface area (Å²) in [7, 11) is 0. The van der Waals surface area contributed by atoms with Crippen LogP contribution in [0.5, 0.6) is 0 Å². The number of carbonyl (C=O) groups is 2. The Balaban J connectivity index is 1.62. The highest BCUT2D eigenvalue weighted by molar-refractivity contribution is 6.36. The van der Waals surface area contributed by atoms with E-state index < -0.39 is 17.5 Å². The summed E-state index contributed by atoms with van der Waals surface area (Å²) in [6, 6.07) is 20.8. The molecule has 1 N–H and O–H groups in total. The molecule has 1 aliphatic rings. The number of carbonyl (C=O) groups excluding carboxylic acids is 2. The van der Waals surface area contributed by atoms with Gasteiger partial charge in [-0.1, -0.05) is 54.3 Å². The first-order valence-electron chi connectivity index (χ1n) is 9.10. The molecule has 0 bridgehead atoms. The molecule has 140 valence electrons. The zero-order valence-corrected chi connectivity index (χ0v) is 15.4. The van der Waals surface area contributed by atoms with E-state index in [0.29, 0.717) is 28.8 Å². The molecule has 1 amide bonds. The number of amides is 1. The van der Waals surface area contributed by atoms with Gasteiger partial charge >= 0.3 is 0 Å². The first kappa shape index (κ1) is 18.4. The van der Waals surface area contributed by atoms with Crippen molar-refractivity contribution < 1.29 is 14.0 Å². The van der Waals surface area contributed by atoms with Gasteiger partial charge in [-0.3, -0.25) is 9.59 Å². The fraction of sp³-hybridized carbons (Fsp3) is 0.0400. The molecule has 3 aromatic rings. The molecule has 0 saturated heterocycles. The number of Topliss-reactive ketones (excluding diaryl/α,β-unsaturated/α-hetero) is 1. The van der Waals surface area contributed by atoms with Crippen LogP contribution in [0.25, 0.3) is 6.08 Å². The van der Waals surface area contributed by atoms with Crippen molar-refractivity contribution in [3.63, 3.8) is 0 Å². The van der Waals surface area contributed by atoms with E-state index in [1.807, 2.05) is 30.3 Å². The maximum Gasteiger partial charge on any atom is 0.259 e. The highest BCUT2D eigenvalue weighted by Crippen LogP contribution is 2.27. The van der Waals surface area contributed by atoms with Gasteiger partial charge in [0, 0.05) is 17.5 Å². The van der Waals surface area contributed by atoms with Crippen LogP contribution >= 0.6 is 0 Å². The van der Waals surface area contributed by atoms with Gasteiger partial charge in [-0.25, -0.2) is 4.39 Å². The van der Waals surface area contributed by atoms with E-state index in [2.05, 4.69) is 17.2 Å². The van der Waals surface area contributed by atoms with Crippen LogP contribution in [-0.2, 0) is 11.2 Å². The second-order valence-electron chi connectivity index (χ2n) is 6.62. The van der Waals surface area contributed by atoms with Crippen molar-refractivity contribution >= 4 is 23.5 Å². The fourth-order valence-electron chi connectivity index (χ4n) is 3.10. The third-order valence-electron chi connectivity index (χ3n) is 4.53. The van der Waals surface area contributed by atoms with Gasteiger partial charge in [0.25, 0.3) is 5.91 Å². The third kappa shape index (κ3) is 4.15. The van der Waals surface area contributed by atoms with Crippen LogP contribution in [0.1, 0.15) is 27.0 Å². The van der Waals surface area contributed by atoms with E-state index >= 15 is 0 Å². The van der Waals surface area contributed by atoms with Gasteiger partial charge < -0.3 is 5.32 Å². The standard InChI is InChI=1S/C25H16FNO2/c26-20-11-5-10-19(14-20)16-22-24(28)21-15-18(12-13-23(21)27-25(22)29)9-4-8-17-6-2-1-3-7-17/h1-3,5-7,10-16H,8H2,(H,27,29)/b22-16+. The van der Waals surface area contributed by atoms with Crippen LogP contribution in [0.3, 0.4) is 0 Å². The lowest BCUT2D eigenvalue weighted by atomic mass is 9.93. The molecule has 3 aromatic carbocycles. The molecule has 0 radical (unpaired) electrons. The lowest BCUT2D eigenvalue weighted by Gasteiger charge is -2.18. The minimum absolute atomic E-state index is 0.0301. The number of fused-ring (bicyclic) bond motifs is 1. The van der Waals surface area contributed by atoms with Crippen LogP contribution in [0.2, 0.25) is 0 Å². The molecule has 0 fully saturated rings. The molecule has 4 heteroatoms. The number of hydrogen-bond donors (Lipinski definition) is 1. The quantitative estimate of drug-likeness (QED) is 0.399. The Hall–Kier alpha value is -3.97. The molecule has 0 atom stereocenters. The summed E-state index contributed by atoms with van der Waals surface area (Å²) in [4.78, 5) is 25.2. The maximum absolute atomic E-state index is 13.4. The number of hydrogen-bond acceptors (Lipinski definition) is 2. The van der Waals surface area contributed by atoms with E-state index in [0.717, 1.165) is 5.56 Å². The number of anilines is 1. The maximum atomic E-state index is 13.4. The lowest BCUT2D eigenvalue weighted by Crippen LogP contribution is -2.27. The van der Waals surface area contributed by atoms with E-state index in [4.69, 9.17) is 0 Å². The molecule has 0 unspecified atom stereocenters. The summed E-state index contributed by atoms with van der Waals surface area (Å²) in [5.74, 6) is 4.82. The third-order valence-corrected chi connectivity index (χ3v) is 4.53. The largest absolute Gasteiger partial charge is 0.321 e. The minimum atomic E-state index is -0.505. The van der Waals surface area contributed by atoms with Crippen LogP contribution in [-0.4, -0.2) is 11.7 Å². The van der Waals surface area contributed by atoms with Crippen molar-refractivity contribution in [1.82, 2.24) is 0 Å². The van der Waals surface area contributed by atoms with Gasteiger partial charge in [-0.2, -0.15) is 0 Å². The predicted molar refractivity (Wildman–Crippen MR) is 111 cm³/mol. The molecule has 4 rings (SSSR count). The average Bonchev–Trinajstić information content (AvgIpc) is 2.72. The summed E-state index contributed by atoms with van der Waals surface area (Å²) in [6.45, 7) is 0. The van der Waals surface area contributed by atoms with Crippen molar-refractivity contribution in [2.45, 2.75) is 6.42 Å². The first-order chi connectivity index (χ1) is 14.1. The highest BCUT2D eigenvalue weighted by atomic mass is 19.1. The van der Waals surface area contributed by atoms with Gasteiger partial charge in [0.2, 0.25) is 5.78 Å². The van der Waals surface area contributed by atoms with Crippen molar-refractivity contribution in [1.29, 1.82) is 0 Å². The first-order valence-corrected chi connectivity index (χ1v) is 9.10. The average molecular weight is 381 g/mol. The Morgan fingerprint density at radius 1 is 0.931 bits per heavy atom. The summed E-state index contributed by atoms with van der Waals surface area (Å²) in [5.41, 5.74) is 3.04. The minimum Gasteiger partial charge on any atom is -0.321 e. The lowest BCUT2D eigenvalue weighted by molar-refractivity contribution is -0.112. The Morgan fingerprint density at radius 2 is 1.76 bits per heavy atom. The van der Waals surface area contributed by atoms with Gasteiger partial charge in [-0.15, -0.1) is 0 Å². The number of halogens is 1. The molecule has 1 heterocycles. The van der Waals surface area contributed by atoms with Crippen LogP contribution in [0, 0.1) is 17.7 Å². The number of benzene rings is 3. The second kappa shape index (κ2) is 7.95. The van der Waals surface area contributed by atoms with E-state index in [1.54, 1.807) is 24.3 Å². The van der Waals surface area contributed by atoms with E-state index in [1.165, 1.54) is 24.3 Å². The molecule has 1 aliphatic heterocycles. The smallest absolute Gasteiger partial charge is 0.259 e. The van der Waals surface area contributed by atoms with E-state index in [-0.39, 0.29) is 5.57 Å². The van der Waals surface area contributed by atoms with Crippen molar-refractivity contribution in [3.8, 4) is 11.8 Å². The van der Waals surface area contributed by atoms with Crippen molar-refractivity contribution in [2.75, 3.05) is 5.32 Å². The Kier molecular flexibility index (Phi) is 5.05. The number of rotatable bonds is 2. The van der Waals surface area contributed by atoms with Crippen LogP contribution in [0.4, 0.5) is 10.1 Å². The Bertz CT molecular complexity index is 1200. The fourth-order valence-corrected chi connectivity index (χ4v) is 3.10. The van der Waals surface area contributed by atoms with Crippen LogP contribution < -0.4 is 5.32 Å². The Labute approximate surface area is 167 Å². The van der Waals surface area contributed by atoms with Crippen LogP contribution in [0.15, 0.2) is 78.4 Å². The zero-order valence-electron chi connectivity index (χ0n) is 15.4. The second-order valence-corrected chi connectivity index (χ2v) is 6.62. The summed E-state index contributed by atoms with van der Waals surface area (Å²) >= 11 is 0. The van der Waals surface area contributed by atoms with E-state index in [9.17, 15) is 14.0 Å². The molecular formula is C25H16FNO2. The monoisotopic (exact) mass is 381 g/mol. The molecule has 0 aromatic heterocycles. The SMILES string of the molecule is O=C1Nc2ccc(C#CCc3ccccc3)cc2C(=O)/C1=C\c1cccc(F)c1.